The van der Waals surface area contributed by atoms with Gasteiger partial charge in [-0.1, -0.05) is 5.16 Å². The minimum atomic E-state index is -0.734. The van der Waals surface area contributed by atoms with Gasteiger partial charge in [0.25, 0.3) is 0 Å². The van der Waals surface area contributed by atoms with Crippen LogP contribution in [-0.2, 0) is 16.1 Å². The lowest BCUT2D eigenvalue weighted by molar-refractivity contribution is -0.117. The predicted molar refractivity (Wildman–Crippen MR) is 102 cm³/mol. The number of ether oxygens (including phenoxy) is 1. The Labute approximate surface area is 159 Å². The van der Waals surface area contributed by atoms with Crippen molar-refractivity contribution >= 4 is 23.2 Å². The zero-order chi connectivity index (χ0) is 20.1. The van der Waals surface area contributed by atoms with E-state index in [-0.39, 0.29) is 18.3 Å². The van der Waals surface area contributed by atoms with Gasteiger partial charge in [-0.05, 0) is 48.5 Å². The fourth-order valence-electron chi connectivity index (χ4n) is 2.54. The van der Waals surface area contributed by atoms with Crippen LogP contribution in [0.5, 0.6) is 5.75 Å². The number of amides is 2. The second-order valence-electron chi connectivity index (χ2n) is 5.89. The van der Waals surface area contributed by atoms with Gasteiger partial charge in [0, 0.05) is 23.9 Å². The lowest BCUT2D eigenvalue weighted by Gasteiger charge is -2.08. The van der Waals surface area contributed by atoms with Crippen LogP contribution in [-0.4, -0.2) is 28.6 Å². The van der Waals surface area contributed by atoms with Crippen molar-refractivity contribution in [1.29, 1.82) is 0 Å². The van der Waals surface area contributed by atoms with Gasteiger partial charge in [-0.25, -0.2) is 9.36 Å². The van der Waals surface area contributed by atoms with Gasteiger partial charge < -0.3 is 15.4 Å². The summed E-state index contributed by atoms with van der Waals surface area (Å²) >= 11 is 0. The summed E-state index contributed by atoms with van der Waals surface area (Å²) in [5.74, 6) is -0.450. The molecule has 144 valence electrons. The summed E-state index contributed by atoms with van der Waals surface area (Å²) in [5.41, 5.74) is 1.75. The summed E-state index contributed by atoms with van der Waals surface area (Å²) in [6.45, 7) is 1.14. The van der Waals surface area contributed by atoms with Crippen molar-refractivity contribution in [2.24, 2.45) is 0 Å². The summed E-state index contributed by atoms with van der Waals surface area (Å²) in [7, 11) is 1.55. The average Bonchev–Trinajstić information content (AvgIpc) is 3.03. The van der Waals surface area contributed by atoms with Crippen molar-refractivity contribution in [3.05, 3.63) is 59.1 Å². The fourth-order valence-corrected chi connectivity index (χ4v) is 2.54. The molecule has 0 aliphatic rings. The lowest BCUT2D eigenvalue weighted by atomic mass is 10.2. The number of hydrogen-bond donors (Lipinski definition) is 2. The lowest BCUT2D eigenvalue weighted by Crippen LogP contribution is -2.25. The molecule has 0 bridgehead atoms. The molecule has 0 unspecified atom stereocenters. The van der Waals surface area contributed by atoms with E-state index in [2.05, 4.69) is 15.8 Å². The van der Waals surface area contributed by atoms with Gasteiger partial charge in [-0.2, -0.15) is 0 Å². The molecule has 0 atom stereocenters. The van der Waals surface area contributed by atoms with Gasteiger partial charge in [0.15, 0.2) is 5.82 Å². The number of aromatic nitrogens is 2. The second kappa shape index (κ2) is 8.21. The highest BCUT2D eigenvalue weighted by Crippen LogP contribution is 2.20. The van der Waals surface area contributed by atoms with Crippen LogP contribution >= 0.6 is 0 Å². The highest BCUT2D eigenvalue weighted by atomic mass is 16.5. The van der Waals surface area contributed by atoms with E-state index in [1.807, 2.05) is 0 Å². The van der Waals surface area contributed by atoms with Gasteiger partial charge in [-0.15, -0.1) is 0 Å². The first-order valence-electron chi connectivity index (χ1n) is 8.34. The SMILES string of the molecule is COc1ccc(-c2noc(=O)n2CC(=O)Nc2ccc(NC(C)=O)cc2)cc1. The Morgan fingerprint density at radius 2 is 1.64 bits per heavy atom. The molecule has 3 aromatic rings. The number of carbonyl (C=O) groups is 2. The Hall–Kier alpha value is -3.88. The number of nitrogens with one attached hydrogen (secondary N) is 2. The number of benzene rings is 2. The smallest absolute Gasteiger partial charge is 0.442 e. The van der Waals surface area contributed by atoms with E-state index in [9.17, 15) is 14.4 Å². The monoisotopic (exact) mass is 382 g/mol. The molecule has 0 aliphatic carbocycles. The third kappa shape index (κ3) is 4.44. The number of methoxy groups -OCH3 is 1. The third-order valence-corrected chi connectivity index (χ3v) is 3.83. The molecule has 9 heteroatoms. The van der Waals surface area contributed by atoms with E-state index < -0.39 is 11.7 Å². The van der Waals surface area contributed by atoms with Gasteiger partial charge in [0.2, 0.25) is 11.8 Å². The molecular weight excluding hydrogens is 364 g/mol. The molecule has 0 radical (unpaired) electrons. The first kappa shape index (κ1) is 18.9. The minimum absolute atomic E-state index is 0.185. The van der Waals surface area contributed by atoms with E-state index >= 15 is 0 Å². The second-order valence-corrected chi connectivity index (χ2v) is 5.89. The number of anilines is 2. The minimum Gasteiger partial charge on any atom is -0.497 e. The molecule has 1 heterocycles. The molecule has 1 aromatic heterocycles. The zero-order valence-electron chi connectivity index (χ0n) is 15.3. The van der Waals surface area contributed by atoms with Gasteiger partial charge >= 0.3 is 5.76 Å². The summed E-state index contributed by atoms with van der Waals surface area (Å²) in [6, 6.07) is 13.5. The van der Waals surface area contributed by atoms with E-state index in [0.717, 1.165) is 4.57 Å². The maximum Gasteiger partial charge on any atom is 0.442 e. The predicted octanol–water partition coefficient (Wildman–Crippen LogP) is 2.11. The molecule has 0 aliphatic heterocycles. The fraction of sp³-hybridized carbons (Fsp3) is 0.158. The van der Waals surface area contributed by atoms with Crippen molar-refractivity contribution in [1.82, 2.24) is 9.72 Å². The van der Waals surface area contributed by atoms with Crippen molar-refractivity contribution in [2.45, 2.75) is 13.5 Å². The first-order chi connectivity index (χ1) is 13.5. The van der Waals surface area contributed by atoms with E-state index in [1.165, 1.54) is 6.92 Å². The Kier molecular flexibility index (Phi) is 5.54. The normalized spacial score (nSPS) is 10.4. The van der Waals surface area contributed by atoms with Crippen LogP contribution in [0.2, 0.25) is 0 Å². The maximum absolute atomic E-state index is 12.3. The molecule has 2 aromatic carbocycles. The largest absolute Gasteiger partial charge is 0.497 e. The van der Waals surface area contributed by atoms with Crippen LogP contribution in [0.15, 0.2) is 57.8 Å². The summed E-state index contributed by atoms with van der Waals surface area (Å²) in [6.07, 6.45) is 0. The maximum atomic E-state index is 12.3. The topological polar surface area (TPSA) is 115 Å². The van der Waals surface area contributed by atoms with E-state index in [1.54, 1.807) is 55.6 Å². The number of nitrogens with zero attached hydrogens (tertiary/aromatic N) is 2. The highest BCUT2D eigenvalue weighted by molar-refractivity contribution is 5.92. The highest BCUT2D eigenvalue weighted by Gasteiger charge is 2.16. The molecule has 3 rings (SSSR count). The quantitative estimate of drug-likeness (QED) is 0.675. The van der Waals surface area contributed by atoms with Crippen LogP contribution in [0, 0.1) is 0 Å². The van der Waals surface area contributed by atoms with Crippen molar-refractivity contribution < 1.29 is 18.8 Å². The Balaban J connectivity index is 1.73. The Bertz CT molecular complexity index is 1040. The van der Waals surface area contributed by atoms with E-state index in [4.69, 9.17) is 9.26 Å². The molecule has 2 amide bonds. The van der Waals surface area contributed by atoms with Crippen molar-refractivity contribution in [3.8, 4) is 17.1 Å². The Morgan fingerprint density at radius 3 is 2.21 bits per heavy atom. The van der Waals surface area contributed by atoms with Crippen LogP contribution in [0.4, 0.5) is 11.4 Å². The van der Waals surface area contributed by atoms with Crippen molar-refractivity contribution in [3.63, 3.8) is 0 Å². The molecule has 28 heavy (non-hydrogen) atoms. The molecule has 9 nitrogen and oxygen atoms in total. The number of hydrogen-bond acceptors (Lipinski definition) is 6. The number of rotatable bonds is 6. The molecule has 0 saturated carbocycles. The van der Waals surface area contributed by atoms with Gasteiger partial charge in [0.05, 0.1) is 7.11 Å². The number of carbonyl (C=O) groups excluding carboxylic acids is 2. The van der Waals surface area contributed by atoms with Crippen LogP contribution in [0.3, 0.4) is 0 Å². The van der Waals surface area contributed by atoms with Crippen LogP contribution < -0.4 is 21.1 Å². The molecule has 0 saturated heterocycles. The molecular formula is C19H18N4O5. The van der Waals surface area contributed by atoms with Crippen LogP contribution in [0.1, 0.15) is 6.92 Å². The van der Waals surface area contributed by atoms with Gasteiger partial charge in [0.1, 0.15) is 12.3 Å². The standard InChI is InChI=1S/C19H18N4O5/c1-12(24)20-14-5-7-15(8-6-14)21-17(25)11-23-18(22-28-19(23)26)13-3-9-16(27-2)10-4-13/h3-10H,11H2,1-2H3,(H,20,24)(H,21,25). The third-order valence-electron chi connectivity index (χ3n) is 3.83. The van der Waals surface area contributed by atoms with Crippen molar-refractivity contribution in [2.75, 3.05) is 17.7 Å². The summed E-state index contributed by atoms with van der Waals surface area (Å²) in [4.78, 5) is 35.3. The summed E-state index contributed by atoms with van der Waals surface area (Å²) < 4.78 is 11.0. The molecule has 2 N–H and O–H groups in total. The van der Waals surface area contributed by atoms with Gasteiger partial charge in [-0.3, -0.25) is 14.1 Å². The van der Waals surface area contributed by atoms with E-state index in [0.29, 0.717) is 22.7 Å². The first-order valence-corrected chi connectivity index (χ1v) is 8.34. The molecule has 0 spiro atoms. The Morgan fingerprint density at radius 1 is 1.04 bits per heavy atom. The summed E-state index contributed by atoms with van der Waals surface area (Å²) in [5, 5.41) is 9.08. The average molecular weight is 382 g/mol. The van der Waals surface area contributed by atoms with Crippen LogP contribution in [0.25, 0.3) is 11.4 Å². The molecule has 0 fully saturated rings. The zero-order valence-corrected chi connectivity index (χ0v) is 15.3.